The number of hydrogen-bond donors (Lipinski definition) is 2. The molecule has 102 valence electrons. The first kappa shape index (κ1) is 14.7. The smallest absolute Gasteiger partial charge is 0.224 e. The molecular formula is C13H24N4O. The Morgan fingerprint density at radius 3 is 2.83 bits per heavy atom. The summed E-state index contributed by atoms with van der Waals surface area (Å²) in [7, 11) is 0. The van der Waals surface area contributed by atoms with E-state index in [2.05, 4.69) is 41.4 Å². The summed E-state index contributed by atoms with van der Waals surface area (Å²) in [5.74, 6) is 2.08. The molecule has 0 fully saturated rings. The highest BCUT2D eigenvalue weighted by Crippen LogP contribution is 2.05. The van der Waals surface area contributed by atoms with Crippen molar-refractivity contribution in [1.29, 1.82) is 0 Å². The number of hydrogen-bond acceptors (Lipinski definition) is 5. The van der Waals surface area contributed by atoms with Crippen molar-refractivity contribution in [3.8, 4) is 0 Å². The van der Waals surface area contributed by atoms with Gasteiger partial charge in [-0.3, -0.25) is 0 Å². The van der Waals surface area contributed by atoms with Gasteiger partial charge in [0.1, 0.15) is 5.82 Å². The van der Waals surface area contributed by atoms with E-state index < -0.39 is 0 Å². The van der Waals surface area contributed by atoms with Crippen molar-refractivity contribution in [3.63, 3.8) is 0 Å². The van der Waals surface area contributed by atoms with Crippen molar-refractivity contribution < 1.29 is 4.74 Å². The van der Waals surface area contributed by atoms with Crippen LogP contribution in [0.3, 0.4) is 0 Å². The largest absolute Gasteiger partial charge is 0.379 e. The van der Waals surface area contributed by atoms with E-state index in [1.54, 1.807) is 6.20 Å². The summed E-state index contributed by atoms with van der Waals surface area (Å²) in [6.07, 6.45) is 2.81. The van der Waals surface area contributed by atoms with Gasteiger partial charge in [0.25, 0.3) is 0 Å². The molecule has 1 rings (SSSR count). The SMILES string of the molecule is CCCNc1nccc(NCCOCC(C)C)n1. The first-order valence-electron chi connectivity index (χ1n) is 6.61. The summed E-state index contributed by atoms with van der Waals surface area (Å²) in [5.41, 5.74) is 0. The molecule has 0 radical (unpaired) electrons. The molecule has 0 aliphatic rings. The van der Waals surface area contributed by atoms with Gasteiger partial charge in [-0.15, -0.1) is 0 Å². The Labute approximate surface area is 109 Å². The van der Waals surface area contributed by atoms with Gasteiger partial charge < -0.3 is 15.4 Å². The predicted molar refractivity (Wildman–Crippen MR) is 75.0 cm³/mol. The van der Waals surface area contributed by atoms with Crippen LogP contribution in [0.25, 0.3) is 0 Å². The zero-order valence-corrected chi connectivity index (χ0v) is 11.6. The third-order valence-corrected chi connectivity index (χ3v) is 2.19. The van der Waals surface area contributed by atoms with Crippen LogP contribution in [0.1, 0.15) is 27.2 Å². The van der Waals surface area contributed by atoms with E-state index in [0.29, 0.717) is 18.5 Å². The van der Waals surface area contributed by atoms with Gasteiger partial charge >= 0.3 is 0 Å². The summed E-state index contributed by atoms with van der Waals surface area (Å²) >= 11 is 0. The molecule has 0 atom stereocenters. The van der Waals surface area contributed by atoms with Gasteiger partial charge in [0, 0.05) is 25.9 Å². The molecule has 18 heavy (non-hydrogen) atoms. The number of nitrogens with zero attached hydrogens (tertiary/aromatic N) is 2. The van der Waals surface area contributed by atoms with Crippen molar-refractivity contribution in [1.82, 2.24) is 9.97 Å². The Bertz CT molecular complexity index is 331. The molecule has 0 spiro atoms. The van der Waals surface area contributed by atoms with Gasteiger partial charge in [0.15, 0.2) is 0 Å². The van der Waals surface area contributed by atoms with Crippen LogP contribution in [-0.4, -0.2) is 36.3 Å². The third-order valence-electron chi connectivity index (χ3n) is 2.19. The highest BCUT2D eigenvalue weighted by atomic mass is 16.5. The Morgan fingerprint density at radius 2 is 2.11 bits per heavy atom. The summed E-state index contributed by atoms with van der Waals surface area (Å²) in [6, 6.07) is 1.86. The Hall–Kier alpha value is -1.36. The Kier molecular flexibility index (Phi) is 7.10. The van der Waals surface area contributed by atoms with Crippen LogP contribution in [0.15, 0.2) is 12.3 Å². The lowest BCUT2D eigenvalue weighted by Crippen LogP contribution is -2.13. The summed E-state index contributed by atoms with van der Waals surface area (Å²) in [5, 5.41) is 6.38. The number of aromatic nitrogens is 2. The second-order valence-electron chi connectivity index (χ2n) is 4.59. The number of anilines is 2. The lowest BCUT2D eigenvalue weighted by atomic mass is 10.2. The first-order chi connectivity index (χ1) is 8.72. The molecule has 0 unspecified atom stereocenters. The standard InChI is InChI=1S/C13H24N4O/c1-4-6-15-13-16-7-5-12(17-13)14-8-9-18-10-11(2)3/h5,7,11H,4,6,8-10H2,1-3H3,(H2,14,15,16,17). The van der Waals surface area contributed by atoms with Gasteiger partial charge in [-0.1, -0.05) is 20.8 Å². The monoisotopic (exact) mass is 252 g/mol. The maximum atomic E-state index is 5.49. The van der Waals surface area contributed by atoms with Crippen LogP contribution in [0.4, 0.5) is 11.8 Å². The van der Waals surface area contributed by atoms with Crippen molar-refractivity contribution in [3.05, 3.63) is 12.3 Å². The first-order valence-corrected chi connectivity index (χ1v) is 6.61. The van der Waals surface area contributed by atoms with Gasteiger partial charge in [-0.2, -0.15) is 4.98 Å². The molecule has 0 aromatic carbocycles. The Balaban J connectivity index is 2.24. The zero-order chi connectivity index (χ0) is 13.2. The molecule has 0 saturated carbocycles. The minimum absolute atomic E-state index is 0.578. The molecule has 0 aliphatic carbocycles. The molecule has 0 saturated heterocycles. The molecule has 1 heterocycles. The van der Waals surface area contributed by atoms with Crippen LogP contribution in [0, 0.1) is 5.92 Å². The topological polar surface area (TPSA) is 59.1 Å². The van der Waals surface area contributed by atoms with Crippen LogP contribution in [0.2, 0.25) is 0 Å². The second-order valence-corrected chi connectivity index (χ2v) is 4.59. The predicted octanol–water partition coefficient (Wildman–Crippen LogP) is 2.38. The fraction of sp³-hybridized carbons (Fsp3) is 0.692. The molecule has 0 amide bonds. The van der Waals surface area contributed by atoms with E-state index >= 15 is 0 Å². The maximum Gasteiger partial charge on any atom is 0.224 e. The quantitative estimate of drug-likeness (QED) is 0.661. The highest BCUT2D eigenvalue weighted by Gasteiger charge is 1.98. The molecular weight excluding hydrogens is 228 g/mol. The maximum absolute atomic E-state index is 5.49. The fourth-order valence-corrected chi connectivity index (χ4v) is 1.35. The summed E-state index contributed by atoms with van der Waals surface area (Å²) < 4.78 is 5.49. The lowest BCUT2D eigenvalue weighted by molar-refractivity contribution is 0.118. The molecule has 1 aromatic rings. The van der Waals surface area contributed by atoms with Gasteiger partial charge in [-0.05, 0) is 18.4 Å². The van der Waals surface area contributed by atoms with E-state index in [0.717, 1.165) is 31.9 Å². The fourth-order valence-electron chi connectivity index (χ4n) is 1.35. The minimum atomic E-state index is 0.578. The highest BCUT2D eigenvalue weighted by molar-refractivity contribution is 5.39. The molecule has 2 N–H and O–H groups in total. The molecule has 0 aliphatic heterocycles. The number of rotatable bonds is 9. The van der Waals surface area contributed by atoms with Gasteiger partial charge in [0.05, 0.1) is 6.61 Å². The number of ether oxygens (including phenoxy) is 1. The Morgan fingerprint density at radius 1 is 1.28 bits per heavy atom. The van der Waals surface area contributed by atoms with Crippen LogP contribution >= 0.6 is 0 Å². The van der Waals surface area contributed by atoms with E-state index in [1.807, 2.05) is 6.07 Å². The van der Waals surface area contributed by atoms with Crippen molar-refractivity contribution >= 4 is 11.8 Å². The summed E-state index contributed by atoms with van der Waals surface area (Å²) in [6.45, 7) is 9.54. The third kappa shape index (κ3) is 6.39. The van der Waals surface area contributed by atoms with Crippen molar-refractivity contribution in [2.24, 2.45) is 5.92 Å². The van der Waals surface area contributed by atoms with Crippen LogP contribution in [0.5, 0.6) is 0 Å². The molecule has 1 aromatic heterocycles. The van der Waals surface area contributed by atoms with E-state index in [4.69, 9.17) is 4.74 Å². The van der Waals surface area contributed by atoms with Gasteiger partial charge in [0.2, 0.25) is 5.95 Å². The zero-order valence-electron chi connectivity index (χ0n) is 11.6. The van der Waals surface area contributed by atoms with Gasteiger partial charge in [-0.25, -0.2) is 4.98 Å². The van der Waals surface area contributed by atoms with Crippen molar-refractivity contribution in [2.75, 3.05) is 36.9 Å². The van der Waals surface area contributed by atoms with Crippen molar-refractivity contribution in [2.45, 2.75) is 27.2 Å². The van der Waals surface area contributed by atoms with E-state index in [9.17, 15) is 0 Å². The molecule has 0 bridgehead atoms. The van der Waals surface area contributed by atoms with E-state index in [-0.39, 0.29) is 0 Å². The molecule has 5 nitrogen and oxygen atoms in total. The normalized spacial score (nSPS) is 10.7. The second kappa shape index (κ2) is 8.69. The molecule has 5 heteroatoms. The lowest BCUT2D eigenvalue weighted by Gasteiger charge is -2.09. The minimum Gasteiger partial charge on any atom is -0.379 e. The average Bonchev–Trinajstić information content (AvgIpc) is 2.36. The van der Waals surface area contributed by atoms with Crippen LogP contribution in [-0.2, 0) is 4.74 Å². The van der Waals surface area contributed by atoms with E-state index in [1.165, 1.54) is 0 Å². The average molecular weight is 252 g/mol. The summed E-state index contributed by atoms with van der Waals surface area (Å²) in [4.78, 5) is 8.51. The van der Waals surface area contributed by atoms with Crippen LogP contribution < -0.4 is 10.6 Å². The number of nitrogens with one attached hydrogen (secondary N) is 2.